The van der Waals surface area contributed by atoms with E-state index in [9.17, 15) is 9.18 Å². The van der Waals surface area contributed by atoms with Crippen molar-refractivity contribution in [1.82, 2.24) is 15.3 Å². The summed E-state index contributed by atoms with van der Waals surface area (Å²) in [6, 6.07) is 10.6. The Morgan fingerprint density at radius 3 is 2.54 bits per heavy atom. The summed E-state index contributed by atoms with van der Waals surface area (Å²) in [6.45, 7) is 3.34. The van der Waals surface area contributed by atoms with E-state index in [-0.39, 0.29) is 11.7 Å². The van der Waals surface area contributed by atoms with Gasteiger partial charge in [-0.05, 0) is 29.8 Å². The summed E-state index contributed by atoms with van der Waals surface area (Å²) in [5.41, 5.74) is 2.05. The van der Waals surface area contributed by atoms with Gasteiger partial charge in [-0.3, -0.25) is 9.78 Å². The van der Waals surface area contributed by atoms with E-state index < -0.39 is 0 Å². The van der Waals surface area contributed by atoms with Crippen molar-refractivity contribution in [2.75, 3.05) is 36.0 Å². The molecule has 6 nitrogen and oxygen atoms in total. The Bertz CT molecular complexity index is 941. The molecule has 0 bridgehead atoms. The summed E-state index contributed by atoms with van der Waals surface area (Å²) in [6.07, 6.45) is 3.40. The van der Waals surface area contributed by atoms with E-state index >= 15 is 0 Å². The molecule has 0 unspecified atom stereocenters. The first-order chi connectivity index (χ1) is 13.7. The minimum absolute atomic E-state index is 0.190. The molecule has 2 aromatic heterocycles. The standard InChI is InChI=1S/C20H20FN5OS/c21-16-3-1-2-4-18(16)25-9-11-26(12-10-25)20-24-17(14-28-20)19(27)23-13-15-5-7-22-8-6-15/h1-8,14H,9-13H2,(H,23,27). The summed E-state index contributed by atoms with van der Waals surface area (Å²) in [5, 5.41) is 5.48. The van der Waals surface area contributed by atoms with Crippen LogP contribution in [-0.4, -0.2) is 42.1 Å². The topological polar surface area (TPSA) is 61.4 Å². The first kappa shape index (κ1) is 18.4. The van der Waals surface area contributed by atoms with E-state index in [1.54, 1.807) is 29.9 Å². The molecule has 0 aliphatic carbocycles. The molecule has 4 rings (SSSR count). The Labute approximate surface area is 166 Å². The lowest BCUT2D eigenvalue weighted by Gasteiger charge is -2.36. The number of benzene rings is 1. The molecule has 0 saturated carbocycles. The molecule has 1 fully saturated rings. The second kappa shape index (κ2) is 8.35. The van der Waals surface area contributed by atoms with E-state index in [0.29, 0.717) is 31.0 Å². The number of nitrogens with zero attached hydrogens (tertiary/aromatic N) is 4. The zero-order chi connectivity index (χ0) is 19.3. The molecule has 3 heterocycles. The highest BCUT2D eigenvalue weighted by Gasteiger charge is 2.22. The van der Waals surface area contributed by atoms with E-state index in [1.165, 1.54) is 17.4 Å². The molecule has 1 saturated heterocycles. The number of aromatic nitrogens is 2. The van der Waals surface area contributed by atoms with Crippen LogP contribution in [0.3, 0.4) is 0 Å². The molecule has 0 radical (unpaired) electrons. The van der Waals surface area contributed by atoms with Gasteiger partial charge < -0.3 is 15.1 Å². The predicted molar refractivity (Wildman–Crippen MR) is 108 cm³/mol. The van der Waals surface area contributed by atoms with Crippen molar-refractivity contribution < 1.29 is 9.18 Å². The zero-order valence-corrected chi connectivity index (χ0v) is 16.0. The van der Waals surface area contributed by atoms with Crippen LogP contribution in [0.1, 0.15) is 16.1 Å². The van der Waals surface area contributed by atoms with Crippen molar-refractivity contribution in [2.45, 2.75) is 6.54 Å². The second-order valence-electron chi connectivity index (χ2n) is 6.48. The van der Waals surface area contributed by atoms with E-state index in [2.05, 4.69) is 20.2 Å². The molecule has 144 valence electrons. The maximum atomic E-state index is 14.0. The number of carbonyl (C=O) groups excluding carboxylic acids is 1. The number of hydrogen-bond donors (Lipinski definition) is 1. The van der Waals surface area contributed by atoms with E-state index in [0.717, 1.165) is 23.8 Å². The molecule has 3 aromatic rings. The molecule has 8 heteroatoms. The molecule has 28 heavy (non-hydrogen) atoms. The number of anilines is 2. The quantitative estimate of drug-likeness (QED) is 0.717. The Balaban J connectivity index is 1.33. The number of para-hydroxylation sites is 1. The van der Waals surface area contributed by atoms with Crippen LogP contribution in [0.15, 0.2) is 54.2 Å². The van der Waals surface area contributed by atoms with Gasteiger partial charge in [-0.1, -0.05) is 12.1 Å². The van der Waals surface area contributed by atoms with Crippen molar-refractivity contribution in [3.8, 4) is 0 Å². The Morgan fingerprint density at radius 1 is 1.07 bits per heavy atom. The van der Waals surface area contributed by atoms with Crippen LogP contribution in [0.25, 0.3) is 0 Å². The third kappa shape index (κ3) is 4.12. The highest BCUT2D eigenvalue weighted by atomic mass is 32.1. The summed E-state index contributed by atoms with van der Waals surface area (Å²) < 4.78 is 14.0. The number of rotatable bonds is 5. The highest BCUT2D eigenvalue weighted by Crippen LogP contribution is 2.25. The largest absolute Gasteiger partial charge is 0.366 e. The van der Waals surface area contributed by atoms with Crippen molar-refractivity contribution in [3.05, 3.63) is 71.2 Å². The zero-order valence-electron chi connectivity index (χ0n) is 15.2. The molecule has 0 spiro atoms. The monoisotopic (exact) mass is 397 g/mol. The Morgan fingerprint density at radius 2 is 1.79 bits per heavy atom. The lowest BCUT2D eigenvalue weighted by Crippen LogP contribution is -2.46. The molecule has 1 amide bonds. The van der Waals surface area contributed by atoms with Crippen LogP contribution in [0.4, 0.5) is 15.2 Å². The number of piperazine rings is 1. The maximum Gasteiger partial charge on any atom is 0.271 e. The van der Waals surface area contributed by atoms with E-state index in [1.807, 2.05) is 23.1 Å². The van der Waals surface area contributed by atoms with Gasteiger partial charge in [0.1, 0.15) is 11.5 Å². The number of amides is 1. The number of nitrogens with one attached hydrogen (secondary N) is 1. The number of carbonyl (C=O) groups is 1. The normalized spacial score (nSPS) is 14.2. The third-order valence-electron chi connectivity index (χ3n) is 4.67. The van der Waals surface area contributed by atoms with Gasteiger partial charge >= 0.3 is 0 Å². The van der Waals surface area contributed by atoms with Crippen molar-refractivity contribution in [1.29, 1.82) is 0 Å². The van der Waals surface area contributed by atoms with Crippen LogP contribution >= 0.6 is 11.3 Å². The van der Waals surface area contributed by atoms with Gasteiger partial charge in [0.2, 0.25) is 0 Å². The highest BCUT2D eigenvalue weighted by molar-refractivity contribution is 7.13. The maximum absolute atomic E-state index is 14.0. The molecular weight excluding hydrogens is 377 g/mol. The molecular formula is C20H20FN5OS. The Hall–Kier alpha value is -3.00. The van der Waals surface area contributed by atoms with Gasteiger partial charge in [-0.15, -0.1) is 11.3 Å². The van der Waals surface area contributed by atoms with Gasteiger partial charge in [0.15, 0.2) is 5.13 Å². The average molecular weight is 397 g/mol. The summed E-state index contributed by atoms with van der Waals surface area (Å²) in [7, 11) is 0. The van der Waals surface area contributed by atoms with Crippen LogP contribution < -0.4 is 15.1 Å². The molecule has 1 aliphatic rings. The van der Waals surface area contributed by atoms with Crippen LogP contribution in [-0.2, 0) is 6.54 Å². The molecule has 1 aromatic carbocycles. The fourth-order valence-electron chi connectivity index (χ4n) is 3.13. The minimum Gasteiger partial charge on any atom is -0.366 e. The lowest BCUT2D eigenvalue weighted by molar-refractivity contribution is 0.0946. The summed E-state index contributed by atoms with van der Waals surface area (Å²) in [5.74, 6) is -0.386. The molecule has 1 aliphatic heterocycles. The van der Waals surface area contributed by atoms with Crippen LogP contribution in [0, 0.1) is 5.82 Å². The number of pyridine rings is 1. The smallest absolute Gasteiger partial charge is 0.271 e. The lowest BCUT2D eigenvalue weighted by atomic mass is 10.2. The minimum atomic E-state index is -0.196. The van der Waals surface area contributed by atoms with Gasteiger partial charge in [-0.25, -0.2) is 9.37 Å². The van der Waals surface area contributed by atoms with Crippen molar-refractivity contribution in [2.24, 2.45) is 0 Å². The summed E-state index contributed by atoms with van der Waals surface area (Å²) >= 11 is 1.46. The SMILES string of the molecule is O=C(NCc1ccncc1)c1csc(N2CCN(c3ccccc3F)CC2)n1. The number of thiazole rings is 1. The van der Waals surface area contributed by atoms with Crippen molar-refractivity contribution >= 4 is 28.1 Å². The van der Waals surface area contributed by atoms with Gasteiger partial charge in [0.05, 0.1) is 5.69 Å². The van der Waals surface area contributed by atoms with Gasteiger partial charge in [0.25, 0.3) is 5.91 Å². The molecule has 0 atom stereocenters. The number of hydrogen-bond acceptors (Lipinski definition) is 6. The fourth-order valence-corrected chi connectivity index (χ4v) is 3.99. The van der Waals surface area contributed by atoms with E-state index in [4.69, 9.17) is 0 Å². The fraction of sp³-hybridized carbons (Fsp3) is 0.250. The van der Waals surface area contributed by atoms with Gasteiger partial charge in [0, 0.05) is 50.5 Å². The third-order valence-corrected chi connectivity index (χ3v) is 5.57. The van der Waals surface area contributed by atoms with Crippen LogP contribution in [0.5, 0.6) is 0 Å². The first-order valence-electron chi connectivity index (χ1n) is 9.08. The Kier molecular flexibility index (Phi) is 5.48. The van der Waals surface area contributed by atoms with Gasteiger partial charge in [-0.2, -0.15) is 0 Å². The second-order valence-corrected chi connectivity index (χ2v) is 7.32. The molecule has 1 N–H and O–H groups in total. The first-order valence-corrected chi connectivity index (χ1v) is 9.96. The summed E-state index contributed by atoms with van der Waals surface area (Å²) in [4.78, 5) is 25.0. The number of halogens is 1. The average Bonchev–Trinajstić information content (AvgIpc) is 3.24. The van der Waals surface area contributed by atoms with Crippen LogP contribution in [0.2, 0.25) is 0 Å². The van der Waals surface area contributed by atoms with Crippen molar-refractivity contribution in [3.63, 3.8) is 0 Å². The predicted octanol–water partition coefficient (Wildman–Crippen LogP) is 2.93.